The van der Waals surface area contributed by atoms with Crippen molar-refractivity contribution in [2.75, 3.05) is 0 Å². The summed E-state index contributed by atoms with van der Waals surface area (Å²) in [7, 11) is -3.06. The van der Waals surface area contributed by atoms with Gasteiger partial charge in [0.25, 0.3) is 0 Å². The van der Waals surface area contributed by atoms with E-state index in [4.69, 9.17) is 0 Å². The van der Waals surface area contributed by atoms with Gasteiger partial charge in [-0.2, -0.15) is 0 Å². The van der Waals surface area contributed by atoms with Crippen LogP contribution in [0.3, 0.4) is 0 Å². The smallest absolute Gasteiger partial charge is 0.170 e. The minimum atomic E-state index is -3.06. The number of hydrogen-bond donors (Lipinski definition) is 0. The molecule has 0 aliphatic carbocycles. The van der Waals surface area contributed by atoms with Crippen molar-refractivity contribution in [3.63, 3.8) is 0 Å². The Balaban J connectivity index is 6.68. The van der Waals surface area contributed by atoms with Gasteiger partial charge in [0.1, 0.15) is 0 Å². The van der Waals surface area contributed by atoms with E-state index in [9.17, 15) is 4.57 Å². The Kier molecular flexibility index (Phi) is 9.58. The van der Waals surface area contributed by atoms with Crippen LogP contribution in [0.2, 0.25) is 0 Å². The summed E-state index contributed by atoms with van der Waals surface area (Å²) in [6.45, 7) is 20.7. The fourth-order valence-electron chi connectivity index (χ4n) is 1.97. The molecule has 22 heavy (non-hydrogen) atoms. The van der Waals surface area contributed by atoms with E-state index in [1.807, 2.05) is 13.0 Å². The van der Waals surface area contributed by atoms with Gasteiger partial charge in [-0.3, -0.25) is 0 Å². The Bertz CT molecular complexity index is 610. The molecule has 0 bridgehead atoms. The first-order valence-corrected chi connectivity index (χ1v) is 8.78. The van der Waals surface area contributed by atoms with Crippen LogP contribution >= 0.6 is 7.14 Å². The maximum absolute atomic E-state index is 13.9. The van der Waals surface area contributed by atoms with E-state index < -0.39 is 7.14 Å². The highest BCUT2D eigenvalue weighted by atomic mass is 31.2. The van der Waals surface area contributed by atoms with E-state index >= 15 is 0 Å². The Hall–Kier alpha value is -2.11. The van der Waals surface area contributed by atoms with Crippen molar-refractivity contribution >= 4 is 7.14 Å². The Labute approximate surface area is 135 Å². The fraction of sp³-hybridized carbons (Fsp3) is 0.100. The molecule has 0 N–H and O–H groups in total. The molecular formula is C20H25OP. The predicted molar refractivity (Wildman–Crippen MR) is 102 cm³/mol. The van der Waals surface area contributed by atoms with Crippen molar-refractivity contribution in [3.05, 3.63) is 110 Å². The van der Waals surface area contributed by atoms with Crippen LogP contribution in [0, 0.1) is 0 Å². The highest BCUT2D eigenvalue weighted by Gasteiger charge is 2.31. The molecule has 1 nitrogen and oxygen atoms in total. The molecule has 0 radical (unpaired) electrons. The Morgan fingerprint density at radius 2 is 1.41 bits per heavy atom. The zero-order chi connectivity index (χ0) is 17.0. The highest BCUT2D eigenvalue weighted by molar-refractivity contribution is 7.76. The molecule has 0 aromatic rings. The lowest BCUT2D eigenvalue weighted by molar-refractivity contribution is 0.588. The van der Waals surface area contributed by atoms with Crippen molar-refractivity contribution in [2.24, 2.45) is 0 Å². The molecule has 0 saturated carbocycles. The molecule has 0 fully saturated rings. The second-order valence-corrected chi connectivity index (χ2v) is 7.07. The summed E-state index contributed by atoms with van der Waals surface area (Å²) >= 11 is 0. The lowest BCUT2D eigenvalue weighted by atomic mass is 10.4. The molecule has 0 aromatic carbocycles. The molecule has 0 aromatic heterocycles. The largest absolute Gasteiger partial charge is 0.309 e. The minimum absolute atomic E-state index is 0.615. The van der Waals surface area contributed by atoms with E-state index in [-0.39, 0.29) is 0 Å². The average molecular weight is 312 g/mol. The van der Waals surface area contributed by atoms with Gasteiger partial charge in [-0.1, -0.05) is 101 Å². The van der Waals surface area contributed by atoms with Gasteiger partial charge in [0.2, 0.25) is 0 Å². The lowest BCUT2D eigenvalue weighted by Crippen LogP contribution is -1.92. The van der Waals surface area contributed by atoms with Crippen LogP contribution in [0.4, 0.5) is 0 Å². The van der Waals surface area contributed by atoms with Crippen LogP contribution in [-0.2, 0) is 4.57 Å². The maximum Gasteiger partial charge on any atom is 0.170 e. The summed E-state index contributed by atoms with van der Waals surface area (Å²) in [4.78, 5) is 0. The molecule has 116 valence electrons. The molecule has 1 atom stereocenters. The molecule has 2 heteroatoms. The van der Waals surface area contributed by atoms with Gasteiger partial charge in [0, 0.05) is 15.9 Å². The van der Waals surface area contributed by atoms with E-state index in [0.717, 1.165) is 6.42 Å². The summed E-state index contributed by atoms with van der Waals surface area (Å²) in [5.41, 5.74) is 0. The monoisotopic (exact) mass is 312 g/mol. The van der Waals surface area contributed by atoms with E-state index in [1.54, 1.807) is 54.7 Å². The third kappa shape index (κ3) is 4.72. The lowest BCUT2D eigenvalue weighted by Gasteiger charge is -2.22. The summed E-state index contributed by atoms with van der Waals surface area (Å²) in [5, 5.41) is 1.95. The SMILES string of the molecule is C=C/C=C\C(=C/C=C)P(=O)(/C(C=C)=C/C=C)/C(C=C)=C/CC. The fourth-order valence-corrected chi connectivity index (χ4v) is 4.75. The second-order valence-electron chi connectivity index (χ2n) is 4.30. The summed E-state index contributed by atoms with van der Waals surface area (Å²) in [6, 6.07) is 0. The normalized spacial score (nSPS) is 16.0. The van der Waals surface area contributed by atoms with Crippen molar-refractivity contribution in [3.8, 4) is 0 Å². The topological polar surface area (TPSA) is 17.1 Å². The standard InChI is InChI=1S/C20H25OP/c1-7-13-17-20(16-10-4)22(21,18(11-5)14-8-2)19(12-6)15-9-3/h7-8,10-17H,1-2,4-6,9H2,3H3/b17-13-,18-14+,19-15+,20-16+. The average Bonchev–Trinajstić information content (AvgIpc) is 2.53. The highest BCUT2D eigenvalue weighted by Crippen LogP contribution is 2.68. The first-order chi connectivity index (χ1) is 10.6. The maximum atomic E-state index is 13.9. The van der Waals surface area contributed by atoms with Crippen LogP contribution in [0.15, 0.2) is 110 Å². The molecule has 0 spiro atoms. The predicted octanol–water partition coefficient (Wildman–Crippen LogP) is 6.90. The molecule has 1 unspecified atom stereocenters. The van der Waals surface area contributed by atoms with Gasteiger partial charge < -0.3 is 4.57 Å². The third-order valence-electron chi connectivity index (χ3n) is 2.90. The molecule has 0 heterocycles. The Morgan fingerprint density at radius 1 is 0.864 bits per heavy atom. The molecule has 0 saturated heterocycles. The van der Waals surface area contributed by atoms with Gasteiger partial charge in [0.05, 0.1) is 0 Å². The van der Waals surface area contributed by atoms with Gasteiger partial charge in [-0.25, -0.2) is 0 Å². The van der Waals surface area contributed by atoms with Crippen molar-refractivity contribution in [2.45, 2.75) is 13.3 Å². The number of rotatable bonds is 10. The second kappa shape index (κ2) is 10.6. The van der Waals surface area contributed by atoms with Crippen LogP contribution in [0.1, 0.15) is 13.3 Å². The summed E-state index contributed by atoms with van der Waals surface area (Å²) in [5.74, 6) is 0. The molecule has 0 aliphatic heterocycles. The zero-order valence-electron chi connectivity index (χ0n) is 13.4. The van der Waals surface area contributed by atoms with Crippen LogP contribution in [0.25, 0.3) is 0 Å². The van der Waals surface area contributed by atoms with E-state index in [1.165, 1.54) is 0 Å². The molecule has 0 amide bonds. The summed E-state index contributed by atoms with van der Waals surface area (Å²) < 4.78 is 13.9. The number of hydrogen-bond acceptors (Lipinski definition) is 1. The quantitative estimate of drug-likeness (QED) is 0.317. The van der Waals surface area contributed by atoms with Crippen LogP contribution in [-0.4, -0.2) is 0 Å². The number of allylic oxidation sites excluding steroid dienone is 13. The minimum Gasteiger partial charge on any atom is -0.309 e. The van der Waals surface area contributed by atoms with Crippen molar-refractivity contribution in [1.29, 1.82) is 0 Å². The zero-order valence-corrected chi connectivity index (χ0v) is 14.3. The van der Waals surface area contributed by atoms with Gasteiger partial charge in [-0.05, 0) is 6.42 Å². The van der Waals surface area contributed by atoms with Crippen molar-refractivity contribution < 1.29 is 4.57 Å². The van der Waals surface area contributed by atoms with Gasteiger partial charge in [-0.15, -0.1) is 0 Å². The first-order valence-electron chi connectivity index (χ1n) is 7.08. The van der Waals surface area contributed by atoms with Crippen LogP contribution in [0.5, 0.6) is 0 Å². The van der Waals surface area contributed by atoms with E-state index in [2.05, 4.69) is 32.9 Å². The third-order valence-corrected chi connectivity index (χ3v) is 6.08. The first kappa shape index (κ1) is 19.9. The van der Waals surface area contributed by atoms with Crippen molar-refractivity contribution in [1.82, 2.24) is 0 Å². The Morgan fingerprint density at radius 3 is 1.82 bits per heavy atom. The summed E-state index contributed by atoms with van der Waals surface area (Å²) in [6.07, 6.45) is 17.8. The molecular weight excluding hydrogens is 287 g/mol. The van der Waals surface area contributed by atoms with Crippen LogP contribution < -0.4 is 0 Å². The molecule has 0 aliphatic rings. The van der Waals surface area contributed by atoms with Gasteiger partial charge in [0.15, 0.2) is 7.14 Å². The van der Waals surface area contributed by atoms with Gasteiger partial charge >= 0.3 is 0 Å². The molecule has 0 rings (SSSR count). The van der Waals surface area contributed by atoms with E-state index in [0.29, 0.717) is 15.9 Å².